The Morgan fingerprint density at radius 1 is 1.24 bits per heavy atom. The fourth-order valence-corrected chi connectivity index (χ4v) is 3.16. The first-order chi connectivity index (χ1) is 12.0. The monoisotopic (exact) mass is 344 g/mol. The Morgan fingerprint density at radius 3 is 2.60 bits per heavy atom. The first-order valence-corrected chi connectivity index (χ1v) is 8.91. The number of amides is 1. The molecule has 1 aromatic heterocycles. The molecular formula is C20H25FN2O2. The largest absolute Gasteiger partial charge is 0.451 e. The Labute approximate surface area is 148 Å². The van der Waals surface area contributed by atoms with Crippen LogP contribution in [0.2, 0.25) is 0 Å². The summed E-state index contributed by atoms with van der Waals surface area (Å²) in [7, 11) is 0. The van der Waals surface area contributed by atoms with E-state index in [4.69, 9.17) is 4.42 Å². The van der Waals surface area contributed by atoms with Crippen LogP contribution in [0.4, 0.5) is 4.39 Å². The lowest BCUT2D eigenvalue weighted by Crippen LogP contribution is -2.45. The summed E-state index contributed by atoms with van der Waals surface area (Å²) < 4.78 is 18.6. The molecule has 2 heterocycles. The summed E-state index contributed by atoms with van der Waals surface area (Å²) in [5, 5.41) is 2.95. The van der Waals surface area contributed by atoms with Crippen LogP contribution in [0.5, 0.6) is 0 Å². The van der Waals surface area contributed by atoms with Gasteiger partial charge in [0.05, 0.1) is 0 Å². The molecule has 0 saturated carbocycles. The minimum absolute atomic E-state index is 0.217. The molecule has 1 aliphatic heterocycles. The zero-order valence-corrected chi connectivity index (χ0v) is 14.8. The third-order valence-electron chi connectivity index (χ3n) is 4.96. The van der Waals surface area contributed by atoms with E-state index >= 15 is 0 Å². The van der Waals surface area contributed by atoms with Crippen molar-refractivity contribution in [3.05, 3.63) is 48.0 Å². The van der Waals surface area contributed by atoms with E-state index < -0.39 is 0 Å². The Hall–Kier alpha value is -2.14. The Balaban J connectivity index is 1.54. The summed E-state index contributed by atoms with van der Waals surface area (Å²) in [6.45, 7) is 7.21. The number of halogens is 1. The highest BCUT2D eigenvalue weighted by Gasteiger charge is 2.21. The topological polar surface area (TPSA) is 45.5 Å². The van der Waals surface area contributed by atoms with Gasteiger partial charge < -0.3 is 9.73 Å². The van der Waals surface area contributed by atoms with E-state index in [1.165, 1.54) is 25.0 Å². The molecule has 1 N–H and O–H groups in total. The van der Waals surface area contributed by atoms with Crippen LogP contribution in [-0.4, -0.2) is 36.5 Å². The van der Waals surface area contributed by atoms with Gasteiger partial charge in [-0.1, -0.05) is 6.92 Å². The number of piperidine rings is 1. The lowest BCUT2D eigenvalue weighted by atomic mass is 9.98. The maximum Gasteiger partial charge on any atom is 0.287 e. The van der Waals surface area contributed by atoms with E-state index in [1.54, 1.807) is 24.3 Å². The van der Waals surface area contributed by atoms with Gasteiger partial charge in [-0.2, -0.15) is 0 Å². The third-order valence-corrected chi connectivity index (χ3v) is 4.96. The highest BCUT2D eigenvalue weighted by atomic mass is 19.1. The predicted octanol–water partition coefficient (Wildman–Crippen LogP) is 3.94. The van der Waals surface area contributed by atoms with E-state index in [1.807, 2.05) is 0 Å². The molecule has 0 spiro atoms. The Morgan fingerprint density at radius 2 is 1.92 bits per heavy atom. The van der Waals surface area contributed by atoms with Gasteiger partial charge in [-0.3, -0.25) is 9.69 Å². The van der Waals surface area contributed by atoms with E-state index in [9.17, 15) is 9.18 Å². The summed E-state index contributed by atoms with van der Waals surface area (Å²) in [5.74, 6) is 1.12. The molecule has 3 rings (SSSR count). The molecule has 1 fully saturated rings. The van der Waals surface area contributed by atoms with E-state index in [0.29, 0.717) is 18.3 Å². The van der Waals surface area contributed by atoms with E-state index in [0.717, 1.165) is 24.6 Å². The van der Waals surface area contributed by atoms with Gasteiger partial charge >= 0.3 is 0 Å². The molecule has 1 aromatic carbocycles. The number of furan rings is 1. The van der Waals surface area contributed by atoms with Crippen LogP contribution >= 0.6 is 0 Å². The smallest absolute Gasteiger partial charge is 0.287 e. The van der Waals surface area contributed by atoms with Crippen LogP contribution in [0.15, 0.2) is 40.8 Å². The van der Waals surface area contributed by atoms with E-state index in [-0.39, 0.29) is 17.5 Å². The highest BCUT2D eigenvalue weighted by Crippen LogP contribution is 2.22. The maximum absolute atomic E-state index is 13.0. The number of rotatable bonds is 5. The van der Waals surface area contributed by atoms with Crippen molar-refractivity contribution in [1.82, 2.24) is 10.2 Å². The molecule has 1 aliphatic rings. The van der Waals surface area contributed by atoms with Crippen molar-refractivity contribution < 1.29 is 13.6 Å². The number of hydrogen-bond donors (Lipinski definition) is 1. The Kier molecular flexibility index (Phi) is 5.53. The van der Waals surface area contributed by atoms with Crippen molar-refractivity contribution in [2.24, 2.45) is 5.92 Å². The van der Waals surface area contributed by atoms with Gasteiger partial charge in [0.25, 0.3) is 5.91 Å². The van der Waals surface area contributed by atoms with Crippen molar-refractivity contribution in [2.45, 2.75) is 32.7 Å². The van der Waals surface area contributed by atoms with Crippen LogP contribution in [0.3, 0.4) is 0 Å². The van der Waals surface area contributed by atoms with Gasteiger partial charge in [0.1, 0.15) is 11.6 Å². The minimum atomic E-state index is -0.297. The number of nitrogens with zero attached hydrogens (tertiary/aromatic N) is 1. The fraction of sp³-hybridized carbons (Fsp3) is 0.450. The Bertz CT molecular complexity index is 703. The number of nitrogens with one attached hydrogen (secondary N) is 1. The molecule has 1 unspecified atom stereocenters. The quantitative estimate of drug-likeness (QED) is 0.894. The normalized spacial score (nSPS) is 17.4. The molecular weight excluding hydrogens is 319 g/mol. The van der Waals surface area contributed by atoms with Crippen LogP contribution in [0.25, 0.3) is 11.3 Å². The third kappa shape index (κ3) is 4.48. The molecule has 0 radical (unpaired) electrons. The van der Waals surface area contributed by atoms with Crippen molar-refractivity contribution in [1.29, 1.82) is 0 Å². The summed E-state index contributed by atoms with van der Waals surface area (Å²) in [6.07, 6.45) is 2.44. The number of likely N-dealkylation sites (tertiary alicyclic amines) is 1. The number of carbonyl (C=O) groups is 1. The second-order valence-electron chi connectivity index (χ2n) is 6.95. The van der Waals surface area contributed by atoms with Crippen molar-refractivity contribution in [3.8, 4) is 11.3 Å². The van der Waals surface area contributed by atoms with E-state index in [2.05, 4.69) is 24.1 Å². The molecule has 2 aromatic rings. The highest BCUT2D eigenvalue weighted by molar-refractivity contribution is 5.92. The summed E-state index contributed by atoms with van der Waals surface area (Å²) in [5.41, 5.74) is 0.747. The van der Waals surface area contributed by atoms with Gasteiger partial charge in [0.15, 0.2) is 5.76 Å². The molecule has 25 heavy (non-hydrogen) atoms. The van der Waals surface area contributed by atoms with Gasteiger partial charge in [-0.25, -0.2) is 4.39 Å². The number of benzene rings is 1. The predicted molar refractivity (Wildman–Crippen MR) is 95.9 cm³/mol. The number of hydrogen-bond acceptors (Lipinski definition) is 3. The molecule has 5 heteroatoms. The van der Waals surface area contributed by atoms with Crippen molar-refractivity contribution in [3.63, 3.8) is 0 Å². The molecule has 1 amide bonds. The first kappa shape index (κ1) is 17.7. The molecule has 1 saturated heterocycles. The van der Waals surface area contributed by atoms with Gasteiger partial charge in [0.2, 0.25) is 0 Å². The first-order valence-electron chi connectivity index (χ1n) is 8.91. The SMILES string of the molecule is CC1CCN(C(C)CNC(=O)c2ccc(-c3ccc(F)cc3)o2)CC1. The molecule has 4 nitrogen and oxygen atoms in total. The zero-order valence-electron chi connectivity index (χ0n) is 14.8. The van der Waals surface area contributed by atoms with Gasteiger partial charge in [-0.05, 0) is 75.2 Å². The van der Waals surface area contributed by atoms with Crippen molar-refractivity contribution in [2.75, 3.05) is 19.6 Å². The second-order valence-corrected chi connectivity index (χ2v) is 6.95. The maximum atomic E-state index is 13.0. The second kappa shape index (κ2) is 7.83. The van der Waals surface area contributed by atoms with Crippen molar-refractivity contribution >= 4 is 5.91 Å². The zero-order chi connectivity index (χ0) is 17.8. The fourth-order valence-electron chi connectivity index (χ4n) is 3.16. The lowest BCUT2D eigenvalue weighted by Gasteiger charge is -2.34. The standard InChI is InChI=1S/C20H25FN2O2/c1-14-9-11-23(12-10-14)15(2)13-22-20(24)19-8-7-18(25-19)16-3-5-17(21)6-4-16/h3-8,14-15H,9-13H2,1-2H3,(H,22,24). The molecule has 134 valence electrons. The minimum Gasteiger partial charge on any atom is -0.451 e. The average Bonchev–Trinajstić information content (AvgIpc) is 3.11. The number of carbonyl (C=O) groups excluding carboxylic acids is 1. The van der Waals surface area contributed by atoms with Crippen LogP contribution in [0.1, 0.15) is 37.2 Å². The van der Waals surface area contributed by atoms with Crippen LogP contribution in [-0.2, 0) is 0 Å². The summed E-state index contributed by atoms with van der Waals surface area (Å²) in [6, 6.07) is 9.71. The lowest BCUT2D eigenvalue weighted by molar-refractivity contribution is 0.0895. The van der Waals surface area contributed by atoms with Crippen LogP contribution < -0.4 is 5.32 Å². The summed E-state index contributed by atoms with van der Waals surface area (Å²) >= 11 is 0. The van der Waals surface area contributed by atoms with Gasteiger partial charge in [-0.15, -0.1) is 0 Å². The molecule has 0 aliphatic carbocycles. The summed E-state index contributed by atoms with van der Waals surface area (Å²) in [4.78, 5) is 14.7. The molecule has 0 bridgehead atoms. The average molecular weight is 344 g/mol. The van der Waals surface area contributed by atoms with Crippen LogP contribution in [0, 0.1) is 11.7 Å². The molecule has 1 atom stereocenters. The van der Waals surface area contributed by atoms with Gasteiger partial charge in [0, 0.05) is 18.2 Å².